The van der Waals surface area contributed by atoms with Crippen LogP contribution < -0.4 is 15.4 Å². The van der Waals surface area contributed by atoms with Crippen LogP contribution in [0.25, 0.3) is 0 Å². The zero-order valence-electron chi connectivity index (χ0n) is 11.4. The first-order chi connectivity index (χ1) is 9.72. The van der Waals surface area contributed by atoms with Crippen LogP contribution in [0.1, 0.15) is 13.3 Å². The number of hydrogen-bond donors (Lipinski definition) is 2. The van der Waals surface area contributed by atoms with Crippen molar-refractivity contribution in [2.45, 2.75) is 13.3 Å². The summed E-state index contributed by atoms with van der Waals surface area (Å²) in [6.45, 7) is 2.61. The standard InChI is InChI=1S/C13H16IN5O/c1-3-8-20-13-18-11(15-2)17-12(19-13)16-10-7-5-4-6-9(10)14/h4-7H,3,8H2,1-2H3,(H2,15,16,17,18,19). The summed E-state index contributed by atoms with van der Waals surface area (Å²) in [5, 5.41) is 6.07. The van der Waals surface area contributed by atoms with Crippen molar-refractivity contribution < 1.29 is 4.74 Å². The first kappa shape index (κ1) is 14.8. The summed E-state index contributed by atoms with van der Waals surface area (Å²) in [5.41, 5.74) is 0.947. The monoisotopic (exact) mass is 385 g/mol. The molecule has 0 saturated carbocycles. The number of halogens is 1. The summed E-state index contributed by atoms with van der Waals surface area (Å²) in [7, 11) is 1.76. The van der Waals surface area contributed by atoms with Gasteiger partial charge >= 0.3 is 6.01 Å². The van der Waals surface area contributed by atoms with Gasteiger partial charge < -0.3 is 15.4 Å². The molecule has 0 atom stereocenters. The maximum absolute atomic E-state index is 5.46. The molecule has 0 aliphatic rings. The van der Waals surface area contributed by atoms with Gasteiger partial charge in [0.25, 0.3) is 0 Å². The Labute approximate surface area is 131 Å². The lowest BCUT2D eigenvalue weighted by Crippen LogP contribution is -2.08. The van der Waals surface area contributed by atoms with Gasteiger partial charge in [0.2, 0.25) is 11.9 Å². The maximum atomic E-state index is 5.46. The predicted molar refractivity (Wildman–Crippen MR) is 87.6 cm³/mol. The molecule has 0 amide bonds. The van der Waals surface area contributed by atoms with Crippen LogP contribution in [0.4, 0.5) is 17.6 Å². The second-order valence-corrected chi connectivity index (χ2v) is 5.13. The van der Waals surface area contributed by atoms with Gasteiger partial charge in [-0.3, -0.25) is 0 Å². The molecule has 0 aliphatic carbocycles. The van der Waals surface area contributed by atoms with Crippen LogP contribution in [0, 0.1) is 3.57 Å². The summed E-state index contributed by atoms with van der Waals surface area (Å²) >= 11 is 2.26. The highest BCUT2D eigenvalue weighted by atomic mass is 127. The van der Waals surface area contributed by atoms with Crippen molar-refractivity contribution in [2.75, 3.05) is 24.3 Å². The summed E-state index contributed by atoms with van der Waals surface area (Å²) in [6, 6.07) is 8.24. The van der Waals surface area contributed by atoms with Crippen molar-refractivity contribution in [3.63, 3.8) is 0 Å². The van der Waals surface area contributed by atoms with E-state index >= 15 is 0 Å². The molecule has 2 rings (SSSR count). The molecule has 1 aromatic heterocycles. The van der Waals surface area contributed by atoms with Crippen molar-refractivity contribution in [3.05, 3.63) is 27.8 Å². The summed E-state index contributed by atoms with van der Waals surface area (Å²) in [6.07, 6.45) is 0.903. The van der Waals surface area contributed by atoms with E-state index in [1.807, 2.05) is 31.2 Å². The van der Waals surface area contributed by atoms with Crippen LogP contribution in [-0.2, 0) is 0 Å². The topological polar surface area (TPSA) is 72.0 Å². The highest BCUT2D eigenvalue weighted by Gasteiger charge is 2.08. The third-order valence-electron chi connectivity index (χ3n) is 2.39. The molecule has 6 nitrogen and oxygen atoms in total. The van der Waals surface area contributed by atoms with E-state index in [2.05, 4.69) is 48.2 Å². The molecule has 0 spiro atoms. The zero-order chi connectivity index (χ0) is 14.4. The minimum Gasteiger partial charge on any atom is -0.463 e. The molecule has 0 radical (unpaired) electrons. The summed E-state index contributed by atoms with van der Waals surface area (Å²) in [5.74, 6) is 0.930. The highest BCUT2D eigenvalue weighted by Crippen LogP contribution is 2.21. The molecular weight excluding hydrogens is 369 g/mol. The van der Waals surface area contributed by atoms with Gasteiger partial charge in [0.05, 0.1) is 12.3 Å². The fourth-order valence-electron chi connectivity index (χ4n) is 1.47. The number of nitrogens with one attached hydrogen (secondary N) is 2. The molecule has 1 aromatic carbocycles. The fourth-order valence-corrected chi connectivity index (χ4v) is 1.99. The SMILES string of the molecule is CCCOc1nc(NC)nc(Nc2ccccc2I)n1. The number of hydrogen-bond acceptors (Lipinski definition) is 6. The lowest BCUT2D eigenvalue weighted by atomic mass is 10.3. The van der Waals surface area contributed by atoms with Crippen molar-refractivity contribution in [1.82, 2.24) is 15.0 Å². The van der Waals surface area contributed by atoms with E-state index in [0.29, 0.717) is 24.5 Å². The second-order valence-electron chi connectivity index (χ2n) is 3.97. The molecular formula is C13H16IN5O. The number of benzene rings is 1. The first-order valence-electron chi connectivity index (χ1n) is 6.31. The smallest absolute Gasteiger partial charge is 0.323 e. The number of aromatic nitrogens is 3. The van der Waals surface area contributed by atoms with Crippen molar-refractivity contribution >= 4 is 40.2 Å². The Kier molecular flexibility index (Phi) is 5.33. The van der Waals surface area contributed by atoms with Gasteiger partial charge in [-0.1, -0.05) is 19.1 Å². The lowest BCUT2D eigenvalue weighted by Gasteiger charge is -2.10. The van der Waals surface area contributed by atoms with E-state index in [-0.39, 0.29) is 0 Å². The number of nitrogens with zero attached hydrogens (tertiary/aromatic N) is 3. The molecule has 2 N–H and O–H groups in total. The quantitative estimate of drug-likeness (QED) is 0.745. The first-order valence-corrected chi connectivity index (χ1v) is 7.39. The van der Waals surface area contributed by atoms with E-state index in [0.717, 1.165) is 15.7 Å². The Hall–Kier alpha value is -1.64. The van der Waals surface area contributed by atoms with Gasteiger partial charge in [-0.05, 0) is 41.1 Å². The number of rotatable bonds is 6. The molecule has 1 heterocycles. The lowest BCUT2D eigenvalue weighted by molar-refractivity contribution is 0.292. The van der Waals surface area contributed by atoms with Gasteiger partial charge in [0, 0.05) is 10.6 Å². The van der Waals surface area contributed by atoms with Crippen LogP contribution in [0.3, 0.4) is 0 Å². The van der Waals surface area contributed by atoms with E-state index in [4.69, 9.17) is 4.74 Å². The Morgan fingerprint density at radius 2 is 1.90 bits per heavy atom. The Bertz CT molecular complexity index is 578. The molecule has 0 bridgehead atoms. The molecule has 20 heavy (non-hydrogen) atoms. The fraction of sp³-hybridized carbons (Fsp3) is 0.308. The molecule has 0 saturated heterocycles. The summed E-state index contributed by atoms with van der Waals surface area (Å²) < 4.78 is 6.55. The van der Waals surface area contributed by atoms with E-state index in [1.165, 1.54) is 0 Å². The molecule has 106 valence electrons. The molecule has 2 aromatic rings. The normalized spacial score (nSPS) is 10.2. The molecule has 0 unspecified atom stereocenters. The van der Waals surface area contributed by atoms with Crippen LogP contribution in [0.2, 0.25) is 0 Å². The average molecular weight is 385 g/mol. The largest absolute Gasteiger partial charge is 0.463 e. The zero-order valence-corrected chi connectivity index (χ0v) is 13.5. The number of para-hydroxylation sites is 1. The molecule has 7 heteroatoms. The molecule has 0 fully saturated rings. The molecule has 0 aliphatic heterocycles. The van der Waals surface area contributed by atoms with E-state index < -0.39 is 0 Å². The minimum atomic E-state index is 0.319. The Morgan fingerprint density at radius 3 is 2.60 bits per heavy atom. The Morgan fingerprint density at radius 1 is 1.15 bits per heavy atom. The maximum Gasteiger partial charge on any atom is 0.323 e. The number of ether oxygens (including phenoxy) is 1. The van der Waals surface area contributed by atoms with Crippen LogP contribution >= 0.6 is 22.6 Å². The highest BCUT2D eigenvalue weighted by molar-refractivity contribution is 14.1. The van der Waals surface area contributed by atoms with Crippen LogP contribution in [0.5, 0.6) is 6.01 Å². The number of anilines is 3. The third kappa shape index (κ3) is 3.92. The van der Waals surface area contributed by atoms with Gasteiger partial charge in [-0.15, -0.1) is 0 Å². The predicted octanol–water partition coefficient (Wildman–Crippen LogP) is 3.05. The Balaban J connectivity index is 2.24. The second kappa shape index (κ2) is 7.22. The third-order valence-corrected chi connectivity index (χ3v) is 3.33. The van der Waals surface area contributed by atoms with Gasteiger partial charge in [0.1, 0.15) is 0 Å². The van der Waals surface area contributed by atoms with Crippen molar-refractivity contribution in [3.8, 4) is 6.01 Å². The van der Waals surface area contributed by atoms with E-state index in [1.54, 1.807) is 7.05 Å². The van der Waals surface area contributed by atoms with Gasteiger partial charge in [-0.2, -0.15) is 15.0 Å². The average Bonchev–Trinajstić information content (AvgIpc) is 2.47. The van der Waals surface area contributed by atoms with E-state index in [9.17, 15) is 0 Å². The van der Waals surface area contributed by atoms with Crippen molar-refractivity contribution in [1.29, 1.82) is 0 Å². The van der Waals surface area contributed by atoms with Crippen molar-refractivity contribution in [2.24, 2.45) is 0 Å². The van der Waals surface area contributed by atoms with Crippen LogP contribution in [-0.4, -0.2) is 28.6 Å². The van der Waals surface area contributed by atoms with Gasteiger partial charge in [0.15, 0.2) is 0 Å². The van der Waals surface area contributed by atoms with Crippen LogP contribution in [0.15, 0.2) is 24.3 Å². The van der Waals surface area contributed by atoms with Gasteiger partial charge in [-0.25, -0.2) is 0 Å². The minimum absolute atomic E-state index is 0.319. The summed E-state index contributed by atoms with van der Waals surface area (Å²) in [4.78, 5) is 12.7.